The Bertz CT molecular complexity index is 916. The fourth-order valence-corrected chi connectivity index (χ4v) is 3.50. The van der Waals surface area contributed by atoms with Crippen molar-refractivity contribution in [1.82, 2.24) is 4.90 Å². The number of benzene rings is 1. The quantitative estimate of drug-likeness (QED) is 0.469. The molecule has 31 heavy (non-hydrogen) atoms. The van der Waals surface area contributed by atoms with E-state index in [0.717, 1.165) is 0 Å². The molecular weight excluding hydrogens is 402 g/mol. The minimum atomic E-state index is -1.24. The maximum absolute atomic E-state index is 12.7. The maximum Gasteiger partial charge on any atom is 0.292 e. The van der Waals surface area contributed by atoms with E-state index >= 15 is 0 Å². The third-order valence-corrected chi connectivity index (χ3v) is 5.34. The van der Waals surface area contributed by atoms with Crippen LogP contribution in [0.15, 0.2) is 48.8 Å². The Hall–Kier alpha value is -2.85. The van der Waals surface area contributed by atoms with E-state index in [4.69, 9.17) is 4.74 Å². The lowest BCUT2D eigenvalue weighted by Crippen LogP contribution is -2.46. The van der Waals surface area contributed by atoms with Gasteiger partial charge < -0.3 is 30.3 Å². The predicted molar refractivity (Wildman–Crippen MR) is 111 cm³/mol. The SMILES string of the molecule is CCN(CC)C(=O)c1ccc(NC(=O)c2ccc[n+]([C@@H]3O[C@H](CO)[C@@H](O)[C@H]3O)c2)cc1. The Morgan fingerprint density at radius 3 is 2.32 bits per heavy atom. The average molecular weight is 430 g/mol. The lowest BCUT2D eigenvalue weighted by atomic mass is 10.1. The van der Waals surface area contributed by atoms with Crippen LogP contribution in [-0.4, -0.2) is 70.0 Å². The van der Waals surface area contributed by atoms with Crippen molar-refractivity contribution in [1.29, 1.82) is 0 Å². The number of carbonyl (C=O) groups is 2. The van der Waals surface area contributed by atoms with Crippen LogP contribution in [0.4, 0.5) is 5.69 Å². The van der Waals surface area contributed by atoms with Gasteiger partial charge in [0.2, 0.25) is 0 Å². The summed E-state index contributed by atoms with van der Waals surface area (Å²) in [5.74, 6) is -0.450. The van der Waals surface area contributed by atoms with Crippen molar-refractivity contribution in [2.45, 2.75) is 38.4 Å². The number of ether oxygens (including phenoxy) is 1. The van der Waals surface area contributed by atoms with Gasteiger partial charge in [-0.15, -0.1) is 0 Å². The highest BCUT2D eigenvalue weighted by molar-refractivity contribution is 6.04. The maximum atomic E-state index is 12.7. The van der Waals surface area contributed by atoms with Gasteiger partial charge in [0, 0.05) is 30.4 Å². The summed E-state index contributed by atoms with van der Waals surface area (Å²) < 4.78 is 6.97. The molecule has 0 spiro atoms. The van der Waals surface area contributed by atoms with Gasteiger partial charge in [0.05, 0.1) is 6.61 Å². The summed E-state index contributed by atoms with van der Waals surface area (Å²) in [4.78, 5) is 26.8. The predicted octanol–water partition coefficient (Wildman–Crippen LogP) is 0.320. The summed E-state index contributed by atoms with van der Waals surface area (Å²) >= 11 is 0. The van der Waals surface area contributed by atoms with E-state index in [-0.39, 0.29) is 11.8 Å². The van der Waals surface area contributed by atoms with Crippen molar-refractivity contribution in [3.05, 3.63) is 59.9 Å². The lowest BCUT2D eigenvalue weighted by Gasteiger charge is -2.18. The smallest absolute Gasteiger partial charge is 0.292 e. The van der Waals surface area contributed by atoms with Gasteiger partial charge in [0.15, 0.2) is 18.5 Å². The zero-order valence-electron chi connectivity index (χ0n) is 17.5. The van der Waals surface area contributed by atoms with Gasteiger partial charge >= 0.3 is 0 Å². The molecule has 1 aromatic carbocycles. The molecule has 0 aliphatic carbocycles. The number of aliphatic hydroxyl groups is 3. The third-order valence-electron chi connectivity index (χ3n) is 5.34. The molecule has 1 aliphatic rings. The minimum absolute atomic E-state index is 0.0644. The standard InChI is InChI=1S/C22H27N3O6/c1-3-24(4-2)21(30)14-7-9-16(10-8-14)23-20(29)15-6-5-11-25(12-15)22-19(28)18(27)17(13-26)31-22/h5-12,17-19,22,26-28H,3-4,13H2,1-2H3/p+1/t17-,18-,19-,22-/m1/s1. The molecule has 0 bridgehead atoms. The number of hydrogen-bond acceptors (Lipinski definition) is 6. The van der Waals surface area contributed by atoms with Crippen molar-refractivity contribution in [2.24, 2.45) is 0 Å². The highest BCUT2D eigenvalue weighted by atomic mass is 16.6. The Morgan fingerprint density at radius 1 is 1.06 bits per heavy atom. The molecule has 1 aliphatic heterocycles. The summed E-state index contributed by atoms with van der Waals surface area (Å²) in [6, 6.07) is 9.89. The zero-order valence-corrected chi connectivity index (χ0v) is 17.5. The van der Waals surface area contributed by atoms with Crippen LogP contribution < -0.4 is 9.88 Å². The van der Waals surface area contributed by atoms with Crippen molar-refractivity contribution < 1.29 is 34.2 Å². The molecular formula is C22H28N3O6+. The molecule has 2 aromatic rings. The topological polar surface area (TPSA) is 123 Å². The van der Waals surface area contributed by atoms with E-state index in [0.29, 0.717) is 29.9 Å². The molecule has 4 atom stereocenters. The van der Waals surface area contributed by atoms with Crippen LogP contribution in [0.25, 0.3) is 0 Å². The summed E-state index contributed by atoms with van der Waals surface area (Å²) in [5.41, 5.74) is 1.39. The summed E-state index contributed by atoms with van der Waals surface area (Å²) in [6.07, 6.45) is -1.19. The fourth-order valence-electron chi connectivity index (χ4n) is 3.50. The molecule has 1 fully saturated rings. The molecule has 0 saturated carbocycles. The van der Waals surface area contributed by atoms with Crippen molar-refractivity contribution in [3.8, 4) is 0 Å². The Kier molecular flexibility index (Phi) is 7.34. The Labute approximate surface area is 180 Å². The largest absolute Gasteiger partial charge is 0.394 e. The number of hydrogen-bond donors (Lipinski definition) is 4. The van der Waals surface area contributed by atoms with E-state index in [2.05, 4.69) is 5.32 Å². The first kappa shape index (κ1) is 22.8. The van der Waals surface area contributed by atoms with Crippen molar-refractivity contribution >= 4 is 17.5 Å². The highest BCUT2D eigenvalue weighted by Crippen LogP contribution is 2.25. The first-order valence-corrected chi connectivity index (χ1v) is 10.2. The molecule has 2 amide bonds. The number of pyridine rings is 1. The number of carbonyl (C=O) groups excluding carboxylic acids is 2. The third kappa shape index (κ3) is 4.91. The molecule has 3 rings (SSSR count). The van der Waals surface area contributed by atoms with Crippen LogP contribution >= 0.6 is 0 Å². The van der Waals surface area contributed by atoms with Crippen LogP contribution in [0.5, 0.6) is 0 Å². The molecule has 166 valence electrons. The van der Waals surface area contributed by atoms with Gasteiger partial charge in [-0.05, 0) is 44.2 Å². The van der Waals surface area contributed by atoms with Crippen molar-refractivity contribution in [2.75, 3.05) is 25.0 Å². The molecule has 0 unspecified atom stereocenters. The first-order chi connectivity index (χ1) is 14.9. The van der Waals surface area contributed by atoms with Gasteiger partial charge in [-0.25, -0.2) is 0 Å². The second kappa shape index (κ2) is 9.97. The second-order valence-corrected chi connectivity index (χ2v) is 7.28. The van der Waals surface area contributed by atoms with Crippen molar-refractivity contribution in [3.63, 3.8) is 0 Å². The summed E-state index contributed by atoms with van der Waals surface area (Å²) in [6.45, 7) is 4.65. The molecule has 9 heteroatoms. The number of anilines is 1. The van der Waals surface area contributed by atoms with Gasteiger partial charge in [0.1, 0.15) is 17.8 Å². The minimum Gasteiger partial charge on any atom is -0.394 e. The van der Waals surface area contributed by atoms with E-state index < -0.39 is 31.1 Å². The van der Waals surface area contributed by atoms with Crippen LogP contribution in [0.1, 0.15) is 40.8 Å². The van der Waals surface area contributed by atoms with E-state index in [1.165, 1.54) is 10.8 Å². The second-order valence-electron chi connectivity index (χ2n) is 7.28. The number of aliphatic hydroxyl groups excluding tert-OH is 3. The summed E-state index contributed by atoms with van der Waals surface area (Å²) in [5, 5.41) is 32.1. The van der Waals surface area contributed by atoms with E-state index in [1.807, 2.05) is 13.8 Å². The molecule has 1 saturated heterocycles. The molecule has 1 aromatic heterocycles. The van der Waals surface area contributed by atoms with Crippen LogP contribution in [0.3, 0.4) is 0 Å². The Balaban J connectivity index is 1.70. The Morgan fingerprint density at radius 2 is 1.74 bits per heavy atom. The van der Waals surface area contributed by atoms with E-state index in [9.17, 15) is 24.9 Å². The van der Waals surface area contributed by atoms with Crippen LogP contribution in [0, 0.1) is 0 Å². The number of rotatable bonds is 7. The van der Waals surface area contributed by atoms with Crippen LogP contribution in [-0.2, 0) is 4.74 Å². The van der Waals surface area contributed by atoms with E-state index in [1.54, 1.807) is 47.5 Å². The normalized spacial score (nSPS) is 22.9. The average Bonchev–Trinajstić information content (AvgIpc) is 3.09. The summed E-state index contributed by atoms with van der Waals surface area (Å²) in [7, 11) is 0. The number of amides is 2. The van der Waals surface area contributed by atoms with Gasteiger partial charge in [-0.3, -0.25) is 9.59 Å². The van der Waals surface area contributed by atoms with Gasteiger partial charge in [-0.2, -0.15) is 4.57 Å². The molecule has 9 nitrogen and oxygen atoms in total. The van der Waals surface area contributed by atoms with Gasteiger partial charge in [0.25, 0.3) is 18.0 Å². The highest BCUT2D eigenvalue weighted by Gasteiger charge is 2.48. The molecule has 2 heterocycles. The molecule has 4 N–H and O–H groups in total. The number of aromatic nitrogens is 1. The number of nitrogens with zero attached hydrogens (tertiary/aromatic N) is 2. The first-order valence-electron chi connectivity index (χ1n) is 10.2. The fraction of sp³-hybridized carbons (Fsp3) is 0.409. The van der Waals surface area contributed by atoms with Crippen LogP contribution in [0.2, 0.25) is 0 Å². The number of nitrogens with one attached hydrogen (secondary N) is 1. The zero-order chi connectivity index (χ0) is 22.5. The lowest BCUT2D eigenvalue weighted by molar-refractivity contribution is -0.765. The monoisotopic (exact) mass is 430 g/mol. The molecule has 0 radical (unpaired) electrons. The van der Waals surface area contributed by atoms with Gasteiger partial charge in [-0.1, -0.05) is 0 Å².